The first-order chi connectivity index (χ1) is 16.3. The molecule has 0 radical (unpaired) electrons. The molecule has 9 nitrogen and oxygen atoms in total. The van der Waals surface area contributed by atoms with E-state index in [-0.39, 0.29) is 32.7 Å². The van der Waals surface area contributed by atoms with Crippen molar-refractivity contribution in [1.29, 1.82) is 0 Å². The molecule has 1 amide bonds. The molecule has 0 aliphatic carbocycles. The third kappa shape index (κ3) is 6.59. The molecule has 0 fully saturated rings. The molecule has 188 valence electrons. The summed E-state index contributed by atoms with van der Waals surface area (Å²) >= 11 is 6.12. The van der Waals surface area contributed by atoms with Crippen molar-refractivity contribution in [2.24, 2.45) is 0 Å². The predicted molar refractivity (Wildman–Crippen MR) is 138 cm³/mol. The zero-order chi connectivity index (χ0) is 26.0. The van der Waals surface area contributed by atoms with Crippen molar-refractivity contribution in [3.05, 3.63) is 65.1 Å². The highest BCUT2D eigenvalue weighted by molar-refractivity contribution is 7.92. The van der Waals surface area contributed by atoms with Crippen LogP contribution in [0, 0.1) is 0 Å². The fraction of sp³-hybridized carbons (Fsp3) is 0.375. The number of likely N-dealkylation sites (N-methyl/N-ethyl adjacent to an activating group) is 2. The fourth-order valence-electron chi connectivity index (χ4n) is 3.25. The summed E-state index contributed by atoms with van der Waals surface area (Å²) in [4.78, 5) is 20.7. The smallest absolute Gasteiger partial charge is 0.262 e. The van der Waals surface area contributed by atoms with Gasteiger partial charge in [-0.25, -0.2) is 18.1 Å². The molecule has 0 saturated heterocycles. The Morgan fingerprint density at radius 3 is 2.34 bits per heavy atom. The van der Waals surface area contributed by atoms with Gasteiger partial charge in [-0.05, 0) is 43.3 Å². The first-order valence-corrected chi connectivity index (χ1v) is 12.9. The maximum Gasteiger partial charge on any atom is 0.262 e. The van der Waals surface area contributed by atoms with Gasteiger partial charge >= 0.3 is 0 Å². The number of anilines is 1. The van der Waals surface area contributed by atoms with Gasteiger partial charge in [0, 0.05) is 32.5 Å². The van der Waals surface area contributed by atoms with Gasteiger partial charge in [-0.3, -0.25) is 9.52 Å². The topological polar surface area (TPSA) is 100 Å². The van der Waals surface area contributed by atoms with Crippen LogP contribution in [0.2, 0.25) is 5.02 Å². The van der Waals surface area contributed by atoms with Crippen LogP contribution in [-0.4, -0.2) is 73.1 Å². The van der Waals surface area contributed by atoms with Gasteiger partial charge in [0.25, 0.3) is 15.9 Å². The number of benzene rings is 1. The van der Waals surface area contributed by atoms with Gasteiger partial charge in [0.2, 0.25) is 0 Å². The van der Waals surface area contributed by atoms with Crippen LogP contribution in [0.4, 0.5) is 5.69 Å². The van der Waals surface area contributed by atoms with Crippen LogP contribution >= 0.6 is 11.6 Å². The number of halogens is 1. The standard InChI is InChI=1S/C24H31ClN6O3S/c1-24(2,3)18-7-9-20(10-8-18)35(33,34)28-21-13-19(25)15-26-22(21)31-16-17(14-27-31)23(32)30(6)12-11-29(4)5/h7-10,13-16,28H,11-12H2,1-6H3. The SMILES string of the molecule is CN(C)CCN(C)C(=O)c1cnn(-c2ncc(Cl)cc2NS(=O)(=O)c2ccc(C(C)(C)C)cc2)c1. The summed E-state index contributed by atoms with van der Waals surface area (Å²) in [5, 5.41) is 4.49. The van der Waals surface area contributed by atoms with Crippen LogP contribution in [0.5, 0.6) is 0 Å². The molecule has 2 heterocycles. The van der Waals surface area contributed by atoms with Crippen LogP contribution in [0.3, 0.4) is 0 Å². The summed E-state index contributed by atoms with van der Waals surface area (Å²) in [6.07, 6.45) is 4.33. The molecule has 1 N–H and O–H groups in total. The van der Waals surface area contributed by atoms with Crippen LogP contribution < -0.4 is 4.72 Å². The Kier molecular flexibility index (Phi) is 7.88. The summed E-state index contributed by atoms with van der Waals surface area (Å²) in [6, 6.07) is 8.18. The van der Waals surface area contributed by atoms with E-state index in [1.165, 1.54) is 29.3 Å². The van der Waals surface area contributed by atoms with Crippen molar-refractivity contribution < 1.29 is 13.2 Å². The lowest BCUT2D eigenvalue weighted by Crippen LogP contribution is -2.33. The minimum Gasteiger partial charge on any atom is -0.340 e. The largest absolute Gasteiger partial charge is 0.340 e. The van der Waals surface area contributed by atoms with Crippen molar-refractivity contribution in [3.8, 4) is 5.82 Å². The Morgan fingerprint density at radius 2 is 1.74 bits per heavy atom. The number of pyridine rings is 1. The molecule has 0 bridgehead atoms. The first kappa shape index (κ1) is 26.7. The molecule has 35 heavy (non-hydrogen) atoms. The number of aromatic nitrogens is 3. The van der Waals surface area contributed by atoms with Gasteiger partial charge in [-0.1, -0.05) is 44.5 Å². The van der Waals surface area contributed by atoms with E-state index in [0.717, 1.165) is 12.1 Å². The Labute approximate surface area is 211 Å². The number of nitrogens with zero attached hydrogens (tertiary/aromatic N) is 5. The molecule has 0 saturated carbocycles. The van der Waals surface area contributed by atoms with Crippen LogP contribution in [0.15, 0.2) is 53.8 Å². The normalized spacial score (nSPS) is 12.1. The molecule has 0 unspecified atom stereocenters. The van der Waals surface area contributed by atoms with E-state index in [0.29, 0.717) is 12.1 Å². The Bertz CT molecular complexity index is 1300. The van der Waals surface area contributed by atoms with Crippen LogP contribution in [-0.2, 0) is 15.4 Å². The number of amides is 1. The van der Waals surface area contributed by atoms with Crippen molar-refractivity contribution in [3.63, 3.8) is 0 Å². The first-order valence-electron chi connectivity index (χ1n) is 11.0. The summed E-state index contributed by atoms with van der Waals surface area (Å²) in [5.74, 6) is -0.00702. The molecule has 0 aliphatic rings. The van der Waals surface area contributed by atoms with E-state index in [9.17, 15) is 13.2 Å². The highest BCUT2D eigenvalue weighted by Gasteiger charge is 2.21. The molecular formula is C24H31ClN6O3S. The van der Waals surface area contributed by atoms with Crippen molar-refractivity contribution in [2.75, 3.05) is 39.0 Å². The van der Waals surface area contributed by atoms with E-state index in [1.807, 2.05) is 19.0 Å². The van der Waals surface area contributed by atoms with Crippen molar-refractivity contribution >= 4 is 33.2 Å². The average Bonchev–Trinajstić information content (AvgIpc) is 3.26. The Hall–Kier alpha value is -2.95. The number of hydrogen-bond acceptors (Lipinski definition) is 6. The molecule has 0 atom stereocenters. The molecular weight excluding hydrogens is 488 g/mol. The van der Waals surface area contributed by atoms with E-state index in [1.54, 1.807) is 36.2 Å². The van der Waals surface area contributed by atoms with E-state index in [2.05, 4.69) is 35.6 Å². The summed E-state index contributed by atoms with van der Waals surface area (Å²) < 4.78 is 30.1. The van der Waals surface area contributed by atoms with Crippen LogP contribution in [0.1, 0.15) is 36.7 Å². The molecule has 1 aromatic carbocycles. The van der Waals surface area contributed by atoms with Gasteiger partial charge in [0.1, 0.15) is 0 Å². The molecule has 2 aromatic heterocycles. The number of hydrogen-bond donors (Lipinski definition) is 1. The van der Waals surface area contributed by atoms with Gasteiger partial charge in [-0.2, -0.15) is 5.10 Å². The van der Waals surface area contributed by atoms with E-state index < -0.39 is 10.0 Å². The number of carbonyl (C=O) groups excluding carboxylic acids is 1. The summed E-state index contributed by atoms with van der Waals surface area (Å²) in [6.45, 7) is 7.44. The zero-order valence-electron chi connectivity index (χ0n) is 20.8. The highest BCUT2D eigenvalue weighted by Crippen LogP contribution is 2.27. The van der Waals surface area contributed by atoms with Crippen LogP contribution in [0.25, 0.3) is 5.82 Å². The number of rotatable bonds is 8. The van der Waals surface area contributed by atoms with Gasteiger partial charge in [-0.15, -0.1) is 0 Å². The molecule has 11 heteroatoms. The Balaban J connectivity index is 1.88. The summed E-state index contributed by atoms with van der Waals surface area (Å²) in [5.41, 5.74) is 1.41. The molecule has 3 rings (SSSR count). The quantitative estimate of drug-likeness (QED) is 0.488. The lowest BCUT2D eigenvalue weighted by atomic mass is 9.87. The fourth-order valence-corrected chi connectivity index (χ4v) is 4.46. The van der Waals surface area contributed by atoms with Crippen molar-refractivity contribution in [2.45, 2.75) is 31.1 Å². The minimum absolute atomic E-state index is 0.102. The second kappa shape index (κ2) is 10.3. The second-order valence-electron chi connectivity index (χ2n) is 9.61. The molecule has 3 aromatic rings. The number of sulfonamides is 1. The lowest BCUT2D eigenvalue weighted by Gasteiger charge is -2.19. The lowest BCUT2D eigenvalue weighted by molar-refractivity contribution is 0.0786. The number of carbonyl (C=O) groups is 1. The third-order valence-electron chi connectivity index (χ3n) is 5.38. The zero-order valence-corrected chi connectivity index (χ0v) is 22.4. The van der Waals surface area contributed by atoms with Gasteiger partial charge in [0.05, 0.1) is 27.4 Å². The maximum atomic E-state index is 13.1. The van der Waals surface area contributed by atoms with Gasteiger partial charge in [0.15, 0.2) is 5.82 Å². The van der Waals surface area contributed by atoms with E-state index >= 15 is 0 Å². The Morgan fingerprint density at radius 1 is 1.09 bits per heavy atom. The molecule has 0 spiro atoms. The molecule has 0 aliphatic heterocycles. The van der Waals surface area contributed by atoms with Gasteiger partial charge < -0.3 is 9.80 Å². The van der Waals surface area contributed by atoms with E-state index in [4.69, 9.17) is 11.6 Å². The highest BCUT2D eigenvalue weighted by atomic mass is 35.5. The maximum absolute atomic E-state index is 13.1. The predicted octanol–water partition coefficient (Wildman–Crippen LogP) is 3.65. The monoisotopic (exact) mass is 518 g/mol. The summed E-state index contributed by atoms with van der Waals surface area (Å²) in [7, 11) is 1.65. The second-order valence-corrected chi connectivity index (χ2v) is 11.7. The minimum atomic E-state index is -3.93. The van der Waals surface area contributed by atoms with Crippen molar-refractivity contribution in [1.82, 2.24) is 24.6 Å². The third-order valence-corrected chi connectivity index (χ3v) is 6.97. The average molecular weight is 519 g/mol. The number of nitrogens with one attached hydrogen (secondary N) is 1.